The summed E-state index contributed by atoms with van der Waals surface area (Å²) in [6.45, 7) is 8.14. The van der Waals surface area contributed by atoms with E-state index in [1.807, 2.05) is 20.8 Å². The number of aliphatic hydroxyl groups excluding tert-OH is 1. The maximum atomic E-state index is 9.03. The van der Waals surface area contributed by atoms with Crippen LogP contribution in [0.5, 0.6) is 0 Å². The second kappa shape index (κ2) is 5.56. The predicted molar refractivity (Wildman–Crippen MR) is 46.3 cm³/mol. The Labute approximate surface area is 69.6 Å². The monoisotopic (exact) mass is 160 g/mol. The van der Waals surface area contributed by atoms with E-state index < -0.39 is 6.29 Å². The zero-order chi connectivity index (χ0) is 8.85. The first-order valence-electron chi connectivity index (χ1n) is 4.52. The summed E-state index contributed by atoms with van der Waals surface area (Å²) in [5.74, 6) is 0.615. The van der Waals surface area contributed by atoms with Crippen molar-refractivity contribution >= 4 is 0 Å². The summed E-state index contributed by atoms with van der Waals surface area (Å²) >= 11 is 0. The third-order valence-corrected chi connectivity index (χ3v) is 1.73. The van der Waals surface area contributed by atoms with Crippen LogP contribution >= 0.6 is 0 Å². The van der Waals surface area contributed by atoms with Crippen molar-refractivity contribution in [3.8, 4) is 0 Å². The molecule has 0 aliphatic carbocycles. The van der Waals surface area contributed by atoms with Crippen LogP contribution in [0.1, 0.15) is 40.5 Å². The molecule has 0 spiro atoms. The summed E-state index contributed by atoms with van der Waals surface area (Å²) in [6.07, 6.45) is 1.61. The third-order valence-electron chi connectivity index (χ3n) is 1.73. The molecular weight excluding hydrogens is 140 g/mol. The second-order valence-corrected chi connectivity index (χ2v) is 2.98. The lowest BCUT2D eigenvalue weighted by atomic mass is 9.98. The van der Waals surface area contributed by atoms with Crippen molar-refractivity contribution in [2.75, 3.05) is 0 Å². The molecule has 1 aliphatic rings. The molecule has 1 rings (SSSR count). The fourth-order valence-electron chi connectivity index (χ4n) is 1.39. The van der Waals surface area contributed by atoms with Gasteiger partial charge in [0.15, 0.2) is 6.29 Å². The first-order chi connectivity index (χ1) is 5.18. The highest BCUT2D eigenvalue weighted by Crippen LogP contribution is 2.22. The smallest absolute Gasteiger partial charge is 0.155 e. The third kappa shape index (κ3) is 4.38. The summed E-state index contributed by atoms with van der Waals surface area (Å²) in [5.41, 5.74) is 0. The van der Waals surface area contributed by atoms with Gasteiger partial charge in [0.05, 0.1) is 6.10 Å². The SMILES string of the molecule is CC.CC1CC(C)OC(O)C1. The highest BCUT2D eigenvalue weighted by Gasteiger charge is 2.21. The Balaban J connectivity index is 0.000000461. The van der Waals surface area contributed by atoms with Crippen LogP contribution in [0.3, 0.4) is 0 Å². The molecule has 3 atom stereocenters. The van der Waals surface area contributed by atoms with Crippen molar-refractivity contribution < 1.29 is 9.84 Å². The number of hydrogen-bond acceptors (Lipinski definition) is 2. The van der Waals surface area contributed by atoms with E-state index in [0.717, 1.165) is 12.8 Å². The lowest BCUT2D eigenvalue weighted by Crippen LogP contribution is -2.29. The summed E-state index contributed by atoms with van der Waals surface area (Å²) < 4.78 is 5.11. The summed E-state index contributed by atoms with van der Waals surface area (Å²) in [7, 11) is 0. The van der Waals surface area contributed by atoms with Crippen LogP contribution in [-0.4, -0.2) is 17.5 Å². The first-order valence-corrected chi connectivity index (χ1v) is 4.52. The van der Waals surface area contributed by atoms with Crippen molar-refractivity contribution in [3.05, 3.63) is 0 Å². The maximum absolute atomic E-state index is 9.03. The summed E-state index contributed by atoms with van der Waals surface area (Å²) in [6, 6.07) is 0. The van der Waals surface area contributed by atoms with Crippen molar-refractivity contribution in [2.24, 2.45) is 5.92 Å². The Morgan fingerprint density at radius 1 is 1.18 bits per heavy atom. The van der Waals surface area contributed by atoms with Gasteiger partial charge in [0.25, 0.3) is 0 Å². The van der Waals surface area contributed by atoms with E-state index in [9.17, 15) is 0 Å². The van der Waals surface area contributed by atoms with E-state index in [1.165, 1.54) is 0 Å². The topological polar surface area (TPSA) is 29.5 Å². The minimum absolute atomic E-state index is 0.240. The number of hydrogen-bond donors (Lipinski definition) is 1. The van der Waals surface area contributed by atoms with E-state index in [-0.39, 0.29) is 6.10 Å². The Bertz CT molecular complexity index is 68.5. The van der Waals surface area contributed by atoms with Gasteiger partial charge in [-0.2, -0.15) is 0 Å². The Morgan fingerprint density at radius 3 is 2.09 bits per heavy atom. The fraction of sp³-hybridized carbons (Fsp3) is 1.00. The minimum Gasteiger partial charge on any atom is -0.368 e. The largest absolute Gasteiger partial charge is 0.368 e. The highest BCUT2D eigenvalue weighted by atomic mass is 16.6. The summed E-state index contributed by atoms with van der Waals surface area (Å²) in [5, 5.41) is 9.03. The molecule has 0 saturated carbocycles. The second-order valence-electron chi connectivity index (χ2n) is 2.98. The number of aliphatic hydroxyl groups is 1. The average Bonchev–Trinajstić information content (AvgIpc) is 1.88. The van der Waals surface area contributed by atoms with Gasteiger partial charge in [-0.25, -0.2) is 0 Å². The number of rotatable bonds is 0. The zero-order valence-electron chi connectivity index (χ0n) is 8.00. The molecule has 0 bridgehead atoms. The van der Waals surface area contributed by atoms with Crippen LogP contribution in [0.2, 0.25) is 0 Å². The molecule has 0 aromatic heterocycles. The molecule has 1 heterocycles. The van der Waals surface area contributed by atoms with Gasteiger partial charge in [-0.3, -0.25) is 0 Å². The van der Waals surface area contributed by atoms with Gasteiger partial charge in [-0.1, -0.05) is 20.8 Å². The molecule has 0 amide bonds. The molecular formula is C9H20O2. The predicted octanol–water partition coefficient (Wildman–Crippen LogP) is 2.17. The van der Waals surface area contributed by atoms with Crippen LogP contribution in [0.15, 0.2) is 0 Å². The average molecular weight is 160 g/mol. The van der Waals surface area contributed by atoms with Gasteiger partial charge in [-0.15, -0.1) is 0 Å². The Kier molecular flexibility index (Phi) is 5.51. The molecule has 1 N–H and O–H groups in total. The van der Waals surface area contributed by atoms with Crippen LogP contribution in [0.4, 0.5) is 0 Å². The van der Waals surface area contributed by atoms with Crippen LogP contribution in [0.25, 0.3) is 0 Å². The van der Waals surface area contributed by atoms with Gasteiger partial charge in [0, 0.05) is 6.42 Å². The van der Waals surface area contributed by atoms with Crippen molar-refractivity contribution in [1.82, 2.24) is 0 Å². The van der Waals surface area contributed by atoms with E-state index in [0.29, 0.717) is 5.92 Å². The van der Waals surface area contributed by atoms with Gasteiger partial charge in [-0.05, 0) is 19.3 Å². The fourth-order valence-corrected chi connectivity index (χ4v) is 1.39. The molecule has 1 saturated heterocycles. The van der Waals surface area contributed by atoms with Crippen LogP contribution in [0, 0.1) is 5.92 Å². The van der Waals surface area contributed by atoms with Crippen LogP contribution < -0.4 is 0 Å². The normalized spacial score (nSPS) is 37.4. The zero-order valence-corrected chi connectivity index (χ0v) is 8.00. The molecule has 2 heteroatoms. The lowest BCUT2D eigenvalue weighted by Gasteiger charge is -2.28. The molecule has 0 radical (unpaired) electrons. The molecule has 2 nitrogen and oxygen atoms in total. The van der Waals surface area contributed by atoms with Gasteiger partial charge >= 0.3 is 0 Å². The van der Waals surface area contributed by atoms with Crippen LogP contribution in [-0.2, 0) is 4.74 Å². The Hall–Kier alpha value is -0.0800. The van der Waals surface area contributed by atoms with E-state index in [2.05, 4.69) is 6.92 Å². The molecule has 11 heavy (non-hydrogen) atoms. The Morgan fingerprint density at radius 2 is 1.73 bits per heavy atom. The quantitative estimate of drug-likeness (QED) is 0.588. The standard InChI is InChI=1S/C7H14O2.C2H6/c1-5-3-6(2)9-7(8)4-5;1-2/h5-8H,3-4H2,1-2H3;1-2H3. The molecule has 3 unspecified atom stereocenters. The van der Waals surface area contributed by atoms with Crippen molar-refractivity contribution in [2.45, 2.75) is 52.9 Å². The molecule has 1 aliphatic heterocycles. The van der Waals surface area contributed by atoms with Crippen molar-refractivity contribution in [3.63, 3.8) is 0 Å². The maximum Gasteiger partial charge on any atom is 0.155 e. The van der Waals surface area contributed by atoms with E-state index in [1.54, 1.807) is 0 Å². The minimum atomic E-state index is -0.510. The number of ether oxygens (including phenoxy) is 1. The lowest BCUT2D eigenvalue weighted by molar-refractivity contribution is -0.169. The van der Waals surface area contributed by atoms with E-state index in [4.69, 9.17) is 9.84 Å². The van der Waals surface area contributed by atoms with Crippen molar-refractivity contribution in [1.29, 1.82) is 0 Å². The highest BCUT2D eigenvalue weighted by molar-refractivity contribution is 4.66. The molecule has 0 aromatic rings. The molecule has 1 fully saturated rings. The van der Waals surface area contributed by atoms with E-state index >= 15 is 0 Å². The molecule has 0 aromatic carbocycles. The summed E-state index contributed by atoms with van der Waals surface area (Å²) in [4.78, 5) is 0. The van der Waals surface area contributed by atoms with Gasteiger partial charge < -0.3 is 9.84 Å². The van der Waals surface area contributed by atoms with Gasteiger partial charge in [0.2, 0.25) is 0 Å². The first kappa shape index (κ1) is 10.9. The van der Waals surface area contributed by atoms with Gasteiger partial charge in [0.1, 0.15) is 0 Å². The molecule has 68 valence electrons.